The minimum absolute atomic E-state index is 0.0709. The van der Waals surface area contributed by atoms with Crippen molar-refractivity contribution in [1.29, 1.82) is 0 Å². The van der Waals surface area contributed by atoms with Gasteiger partial charge in [0.05, 0.1) is 0 Å². The maximum Gasteiger partial charge on any atom is 0.407 e. The predicted molar refractivity (Wildman–Crippen MR) is 101 cm³/mol. The Balaban J connectivity index is 1.94. The van der Waals surface area contributed by atoms with E-state index in [9.17, 15) is 14.4 Å². The summed E-state index contributed by atoms with van der Waals surface area (Å²) in [5.41, 5.74) is -0.759. The Bertz CT molecular complexity index is 979. The molecule has 2 heterocycles. The number of hydrogen-bond acceptors (Lipinski definition) is 5. The van der Waals surface area contributed by atoms with E-state index in [0.29, 0.717) is 17.0 Å². The number of aryl methyl sites for hydroxylation is 1. The van der Waals surface area contributed by atoms with Gasteiger partial charge >= 0.3 is 11.8 Å². The number of fused-ring (bicyclic) bond motifs is 1. The van der Waals surface area contributed by atoms with Crippen LogP contribution in [0.25, 0.3) is 11.2 Å². The molecule has 2 N–H and O–H groups in total. The fourth-order valence-corrected chi connectivity index (χ4v) is 3.61. The maximum absolute atomic E-state index is 12.4. The molecule has 0 spiro atoms. The summed E-state index contributed by atoms with van der Waals surface area (Å²) >= 11 is 0. The highest BCUT2D eigenvalue weighted by atomic mass is 16.6. The highest BCUT2D eigenvalue weighted by Crippen LogP contribution is 2.32. The summed E-state index contributed by atoms with van der Waals surface area (Å²) in [4.78, 5) is 44.4. The van der Waals surface area contributed by atoms with E-state index < -0.39 is 22.9 Å². The number of rotatable bonds is 2. The van der Waals surface area contributed by atoms with Gasteiger partial charge in [-0.3, -0.25) is 13.9 Å². The van der Waals surface area contributed by atoms with Crippen LogP contribution < -0.4 is 16.6 Å². The average molecular weight is 377 g/mol. The number of aromatic amines is 1. The topological polar surface area (TPSA) is 111 Å². The number of ether oxygens (including phenoxy) is 1. The molecule has 9 heteroatoms. The van der Waals surface area contributed by atoms with Gasteiger partial charge in [-0.05, 0) is 33.6 Å². The molecule has 3 rings (SSSR count). The summed E-state index contributed by atoms with van der Waals surface area (Å²) in [6.45, 7) is 5.46. The molecule has 0 saturated heterocycles. The minimum Gasteiger partial charge on any atom is -0.444 e. The molecule has 0 radical (unpaired) electrons. The quantitative estimate of drug-likeness (QED) is 0.824. The van der Waals surface area contributed by atoms with Crippen LogP contribution in [0.3, 0.4) is 0 Å². The summed E-state index contributed by atoms with van der Waals surface area (Å²) in [5.74, 6) is 0.544. The summed E-state index contributed by atoms with van der Waals surface area (Å²) in [6, 6.07) is -0.143. The van der Waals surface area contributed by atoms with Crippen LogP contribution in [0.15, 0.2) is 9.59 Å². The van der Waals surface area contributed by atoms with Gasteiger partial charge in [0.1, 0.15) is 16.9 Å². The van der Waals surface area contributed by atoms with Crippen molar-refractivity contribution in [2.75, 3.05) is 0 Å². The van der Waals surface area contributed by atoms with Gasteiger partial charge in [0.15, 0.2) is 5.65 Å². The maximum atomic E-state index is 12.4. The Morgan fingerprint density at radius 2 is 1.85 bits per heavy atom. The molecular formula is C18H27N5O4. The lowest BCUT2D eigenvalue weighted by molar-refractivity contribution is 0.0484. The van der Waals surface area contributed by atoms with E-state index in [2.05, 4.69) is 15.3 Å². The van der Waals surface area contributed by atoms with Crippen LogP contribution >= 0.6 is 0 Å². The lowest BCUT2D eigenvalue weighted by atomic mass is 9.84. The molecule has 0 unspecified atom stereocenters. The zero-order valence-electron chi connectivity index (χ0n) is 16.5. The average Bonchev–Trinajstić information content (AvgIpc) is 3.02. The molecule has 0 aromatic carbocycles. The lowest BCUT2D eigenvalue weighted by Crippen LogP contribution is -2.43. The van der Waals surface area contributed by atoms with Crippen molar-refractivity contribution < 1.29 is 9.53 Å². The molecule has 1 amide bonds. The summed E-state index contributed by atoms with van der Waals surface area (Å²) < 4.78 is 7.79. The van der Waals surface area contributed by atoms with Gasteiger partial charge in [-0.25, -0.2) is 14.6 Å². The van der Waals surface area contributed by atoms with Crippen molar-refractivity contribution in [3.05, 3.63) is 26.7 Å². The van der Waals surface area contributed by atoms with E-state index in [1.54, 1.807) is 7.05 Å². The standard InChI is InChI=1S/C18H27N5O4/c1-18(2,3)27-16(25)19-11-9-7-6-8-10(11)13-20-12-14(21-13)22(4)17(26)23(5)15(12)24/h10-11H,6-9H2,1-5H3,(H,19,25)(H,20,21)/t10-,11-/m1/s1. The van der Waals surface area contributed by atoms with Gasteiger partial charge in [0, 0.05) is 26.1 Å². The third-order valence-electron chi connectivity index (χ3n) is 4.93. The Morgan fingerprint density at radius 3 is 2.52 bits per heavy atom. The number of aromatic nitrogens is 4. The molecular weight excluding hydrogens is 350 g/mol. The number of nitrogens with one attached hydrogen (secondary N) is 2. The summed E-state index contributed by atoms with van der Waals surface area (Å²) in [7, 11) is 3.03. The molecule has 1 aliphatic carbocycles. The predicted octanol–water partition coefficient (Wildman–Crippen LogP) is 1.51. The molecule has 1 saturated carbocycles. The van der Waals surface area contributed by atoms with E-state index in [0.717, 1.165) is 30.3 Å². The fraction of sp³-hybridized carbons (Fsp3) is 0.667. The number of nitrogens with zero attached hydrogens (tertiary/aromatic N) is 3. The van der Waals surface area contributed by atoms with E-state index in [-0.39, 0.29) is 12.0 Å². The van der Waals surface area contributed by atoms with Crippen LogP contribution in [-0.4, -0.2) is 36.8 Å². The van der Waals surface area contributed by atoms with E-state index in [4.69, 9.17) is 4.74 Å². The zero-order chi connectivity index (χ0) is 19.9. The molecule has 9 nitrogen and oxygen atoms in total. The van der Waals surface area contributed by atoms with Crippen LogP contribution in [0.2, 0.25) is 0 Å². The number of H-pyrrole nitrogens is 1. The molecule has 2 aromatic heterocycles. The highest BCUT2D eigenvalue weighted by molar-refractivity contribution is 5.70. The highest BCUT2D eigenvalue weighted by Gasteiger charge is 2.32. The monoisotopic (exact) mass is 377 g/mol. The molecule has 2 atom stereocenters. The van der Waals surface area contributed by atoms with Crippen LogP contribution in [0.1, 0.15) is 58.2 Å². The first kappa shape index (κ1) is 19.2. The van der Waals surface area contributed by atoms with Crippen LogP contribution in [0, 0.1) is 0 Å². The number of carbonyl (C=O) groups excluding carboxylic acids is 1. The molecule has 0 aliphatic heterocycles. The Kier molecular flexibility index (Phi) is 4.88. The fourth-order valence-electron chi connectivity index (χ4n) is 3.61. The van der Waals surface area contributed by atoms with Crippen LogP contribution in [0.4, 0.5) is 4.79 Å². The van der Waals surface area contributed by atoms with E-state index >= 15 is 0 Å². The van der Waals surface area contributed by atoms with Gasteiger partial charge in [-0.1, -0.05) is 12.8 Å². The van der Waals surface area contributed by atoms with Crippen molar-refractivity contribution in [3.63, 3.8) is 0 Å². The van der Waals surface area contributed by atoms with Gasteiger partial charge in [-0.15, -0.1) is 0 Å². The zero-order valence-corrected chi connectivity index (χ0v) is 16.5. The molecule has 2 aromatic rings. The summed E-state index contributed by atoms with van der Waals surface area (Å²) in [5, 5.41) is 2.95. The van der Waals surface area contributed by atoms with Gasteiger partial charge in [-0.2, -0.15) is 0 Å². The van der Waals surface area contributed by atoms with Crippen LogP contribution in [0.5, 0.6) is 0 Å². The number of hydrogen-bond donors (Lipinski definition) is 2. The second-order valence-electron chi connectivity index (χ2n) is 8.17. The molecule has 148 valence electrons. The smallest absolute Gasteiger partial charge is 0.407 e. The summed E-state index contributed by atoms with van der Waals surface area (Å²) in [6.07, 6.45) is 3.17. The first-order chi connectivity index (χ1) is 12.6. The molecule has 27 heavy (non-hydrogen) atoms. The van der Waals surface area contributed by atoms with Crippen molar-refractivity contribution >= 4 is 17.3 Å². The van der Waals surface area contributed by atoms with Crippen molar-refractivity contribution in [2.24, 2.45) is 14.1 Å². The first-order valence-corrected chi connectivity index (χ1v) is 9.23. The Hall–Kier alpha value is -2.58. The third kappa shape index (κ3) is 3.77. The number of imidazole rings is 1. The Morgan fingerprint density at radius 1 is 1.19 bits per heavy atom. The first-order valence-electron chi connectivity index (χ1n) is 9.23. The number of carbonyl (C=O) groups is 1. The third-order valence-corrected chi connectivity index (χ3v) is 4.93. The van der Waals surface area contributed by atoms with Crippen molar-refractivity contribution in [1.82, 2.24) is 24.4 Å². The van der Waals surface area contributed by atoms with E-state index in [1.165, 1.54) is 11.6 Å². The number of alkyl carbamates (subject to hydrolysis) is 1. The largest absolute Gasteiger partial charge is 0.444 e. The normalized spacial score (nSPS) is 20.6. The van der Waals surface area contributed by atoms with Gasteiger partial charge in [0.25, 0.3) is 5.56 Å². The molecule has 0 bridgehead atoms. The van der Waals surface area contributed by atoms with Crippen LogP contribution in [-0.2, 0) is 18.8 Å². The van der Waals surface area contributed by atoms with Crippen molar-refractivity contribution in [2.45, 2.75) is 64.0 Å². The minimum atomic E-state index is -0.571. The number of amides is 1. The van der Waals surface area contributed by atoms with E-state index in [1.807, 2.05) is 20.8 Å². The Labute approximate surface area is 156 Å². The molecule has 1 fully saturated rings. The van der Waals surface area contributed by atoms with Gasteiger partial charge < -0.3 is 15.0 Å². The lowest BCUT2D eigenvalue weighted by Gasteiger charge is -2.31. The second kappa shape index (κ2) is 6.86. The van der Waals surface area contributed by atoms with Gasteiger partial charge in [0.2, 0.25) is 0 Å². The van der Waals surface area contributed by atoms with Crippen molar-refractivity contribution in [3.8, 4) is 0 Å². The second-order valence-corrected chi connectivity index (χ2v) is 8.17. The SMILES string of the molecule is Cn1c(=O)c2[nH]c([C@@H]3CCCC[C@H]3NC(=O)OC(C)(C)C)nc2n(C)c1=O. The molecule has 1 aliphatic rings.